The molecule has 4 rings (SSSR count). The van der Waals surface area contributed by atoms with E-state index in [2.05, 4.69) is 40.5 Å². The topological polar surface area (TPSA) is 33.7 Å². The summed E-state index contributed by atoms with van der Waals surface area (Å²) in [6.45, 7) is 4.30. The number of methoxy groups -OCH3 is 1. The van der Waals surface area contributed by atoms with Crippen LogP contribution >= 0.6 is 48.0 Å². The number of rotatable bonds is 9. The van der Waals surface area contributed by atoms with E-state index in [1.54, 1.807) is 7.11 Å². The molecule has 0 spiro atoms. The smallest absolute Gasteiger partial charge is 0.180 e. The molecule has 0 radical (unpaired) electrons. The van der Waals surface area contributed by atoms with Gasteiger partial charge < -0.3 is 14.8 Å². The minimum atomic E-state index is 0. The monoisotopic (exact) mass is 556 g/mol. The van der Waals surface area contributed by atoms with Crippen molar-refractivity contribution < 1.29 is 9.47 Å². The third kappa shape index (κ3) is 8.45. The zero-order valence-electron chi connectivity index (χ0n) is 19.7. The average molecular weight is 558 g/mol. The number of likely N-dealkylation sites (tertiary alicyclic amines) is 1. The van der Waals surface area contributed by atoms with Gasteiger partial charge in [0.2, 0.25) is 0 Å². The molecular formula is C27H32Cl4N2O2. The van der Waals surface area contributed by atoms with Gasteiger partial charge in [0.1, 0.15) is 6.61 Å². The quantitative estimate of drug-likeness (QED) is 0.302. The van der Waals surface area contributed by atoms with E-state index >= 15 is 0 Å². The largest absolute Gasteiger partial charge is 0.493 e. The van der Waals surface area contributed by atoms with E-state index in [4.69, 9.17) is 32.7 Å². The van der Waals surface area contributed by atoms with Gasteiger partial charge in [0, 0.05) is 29.7 Å². The van der Waals surface area contributed by atoms with E-state index < -0.39 is 0 Å². The van der Waals surface area contributed by atoms with Gasteiger partial charge in [0.05, 0.1) is 12.1 Å². The number of ether oxygens (including phenoxy) is 2. The van der Waals surface area contributed by atoms with Gasteiger partial charge in [-0.05, 0) is 55.3 Å². The molecule has 0 aromatic heterocycles. The number of hydrogen-bond donors (Lipinski definition) is 1. The van der Waals surface area contributed by atoms with Crippen LogP contribution in [0.25, 0.3) is 0 Å². The Bertz CT molecular complexity index is 1040. The molecule has 0 atom stereocenters. The van der Waals surface area contributed by atoms with Gasteiger partial charge in [-0.15, -0.1) is 24.8 Å². The lowest BCUT2D eigenvalue weighted by Crippen LogP contribution is -2.41. The second kappa shape index (κ2) is 14.8. The van der Waals surface area contributed by atoms with E-state index in [1.807, 2.05) is 36.4 Å². The Morgan fingerprint density at radius 3 is 2.26 bits per heavy atom. The van der Waals surface area contributed by atoms with Gasteiger partial charge in [0.15, 0.2) is 11.5 Å². The summed E-state index contributed by atoms with van der Waals surface area (Å²) in [4.78, 5) is 2.53. The maximum absolute atomic E-state index is 6.56. The second-order valence-corrected chi connectivity index (χ2v) is 9.22. The Labute approximate surface area is 230 Å². The van der Waals surface area contributed by atoms with Gasteiger partial charge in [-0.2, -0.15) is 0 Å². The average Bonchev–Trinajstić information content (AvgIpc) is 2.84. The maximum atomic E-state index is 6.56. The van der Waals surface area contributed by atoms with E-state index in [-0.39, 0.29) is 24.8 Å². The molecule has 0 saturated carbocycles. The highest BCUT2D eigenvalue weighted by Gasteiger charge is 2.19. The molecule has 1 aliphatic rings. The van der Waals surface area contributed by atoms with E-state index in [9.17, 15) is 0 Å². The Balaban J connectivity index is 0.00000216. The van der Waals surface area contributed by atoms with Crippen molar-refractivity contribution in [3.63, 3.8) is 0 Å². The first-order valence-electron chi connectivity index (χ1n) is 11.3. The second-order valence-electron chi connectivity index (χ2n) is 8.41. The van der Waals surface area contributed by atoms with Crippen LogP contribution in [0.1, 0.15) is 29.5 Å². The molecule has 0 bridgehead atoms. The first-order chi connectivity index (χ1) is 16.1. The molecule has 35 heavy (non-hydrogen) atoms. The summed E-state index contributed by atoms with van der Waals surface area (Å²) in [5.74, 6) is 1.17. The lowest BCUT2D eigenvalue weighted by molar-refractivity contribution is 0.190. The predicted molar refractivity (Wildman–Crippen MR) is 150 cm³/mol. The predicted octanol–water partition coefficient (Wildman–Crippen LogP) is 7.18. The lowest BCUT2D eigenvalue weighted by atomic mass is 10.0. The zero-order chi connectivity index (χ0) is 23.0. The highest BCUT2D eigenvalue weighted by Crippen LogP contribution is 2.37. The summed E-state index contributed by atoms with van der Waals surface area (Å²) in [6.07, 6.45) is 2.27. The van der Waals surface area contributed by atoms with E-state index in [0.29, 0.717) is 34.2 Å². The molecule has 0 aliphatic carbocycles. The van der Waals surface area contributed by atoms with E-state index in [1.165, 1.54) is 5.56 Å². The fraction of sp³-hybridized carbons (Fsp3) is 0.333. The van der Waals surface area contributed by atoms with Crippen LogP contribution in [0.3, 0.4) is 0 Å². The summed E-state index contributed by atoms with van der Waals surface area (Å²) in [5.41, 5.74) is 3.36. The third-order valence-electron chi connectivity index (χ3n) is 6.05. The summed E-state index contributed by atoms with van der Waals surface area (Å²) >= 11 is 12.8. The van der Waals surface area contributed by atoms with Crippen molar-refractivity contribution in [2.24, 2.45) is 0 Å². The first kappa shape index (κ1) is 29.6. The molecule has 3 aromatic carbocycles. The molecule has 190 valence electrons. The molecular weight excluding hydrogens is 526 g/mol. The van der Waals surface area contributed by atoms with Gasteiger partial charge in [0.25, 0.3) is 0 Å². The maximum Gasteiger partial charge on any atom is 0.180 e. The van der Waals surface area contributed by atoms with Crippen LogP contribution in [0.15, 0.2) is 66.7 Å². The summed E-state index contributed by atoms with van der Waals surface area (Å²) < 4.78 is 11.5. The van der Waals surface area contributed by atoms with Gasteiger partial charge in [-0.25, -0.2) is 0 Å². The van der Waals surface area contributed by atoms with E-state index in [0.717, 1.165) is 50.1 Å². The SMILES string of the molecule is COc1cc(CNC2CCN(Cc3ccccc3)CC2)cc(Cl)c1OCc1ccccc1Cl.Cl.Cl. The number of nitrogens with zero attached hydrogens (tertiary/aromatic N) is 1. The summed E-state index contributed by atoms with van der Waals surface area (Å²) in [5, 5.41) is 4.89. The summed E-state index contributed by atoms with van der Waals surface area (Å²) in [7, 11) is 1.63. The van der Waals surface area contributed by atoms with Crippen molar-refractivity contribution >= 4 is 48.0 Å². The third-order valence-corrected chi connectivity index (χ3v) is 6.70. The summed E-state index contributed by atoms with van der Waals surface area (Å²) in [6, 6.07) is 22.7. The number of halogens is 4. The highest BCUT2D eigenvalue weighted by atomic mass is 35.5. The molecule has 3 aromatic rings. The number of benzene rings is 3. The molecule has 1 fully saturated rings. The standard InChI is InChI=1S/C27H30Cl2N2O2.2ClH/c1-32-26-16-21(15-25(29)27(26)33-19-22-9-5-6-10-24(22)28)17-30-23-11-13-31(14-12-23)18-20-7-3-2-4-8-20;;/h2-10,15-16,23,30H,11-14,17-19H2,1H3;2*1H. The first-order valence-corrected chi connectivity index (χ1v) is 12.1. The number of hydrogen-bond acceptors (Lipinski definition) is 4. The normalized spacial score (nSPS) is 14.0. The zero-order valence-corrected chi connectivity index (χ0v) is 22.9. The minimum absolute atomic E-state index is 0. The van der Waals surface area contributed by atoms with Crippen LogP contribution in [-0.4, -0.2) is 31.1 Å². The van der Waals surface area contributed by atoms with Crippen molar-refractivity contribution in [1.29, 1.82) is 0 Å². The Hall–Kier alpha value is -1.66. The minimum Gasteiger partial charge on any atom is -0.493 e. The molecule has 1 N–H and O–H groups in total. The molecule has 1 saturated heterocycles. The van der Waals surface area contributed by atoms with Gasteiger partial charge in [-0.3, -0.25) is 4.90 Å². The Morgan fingerprint density at radius 2 is 1.57 bits per heavy atom. The fourth-order valence-corrected chi connectivity index (χ4v) is 4.66. The van der Waals surface area contributed by atoms with Crippen LogP contribution < -0.4 is 14.8 Å². The van der Waals surface area contributed by atoms with Crippen LogP contribution in [-0.2, 0) is 19.7 Å². The Kier molecular flexibility index (Phi) is 12.5. The van der Waals surface area contributed by atoms with Crippen molar-refractivity contribution in [2.45, 2.75) is 38.6 Å². The van der Waals surface area contributed by atoms with Gasteiger partial charge >= 0.3 is 0 Å². The molecule has 1 aliphatic heterocycles. The van der Waals surface area contributed by atoms with Crippen LogP contribution in [0.2, 0.25) is 10.0 Å². The fourth-order valence-electron chi connectivity index (χ4n) is 4.18. The van der Waals surface area contributed by atoms with Crippen LogP contribution in [0.4, 0.5) is 0 Å². The van der Waals surface area contributed by atoms with Crippen molar-refractivity contribution in [3.8, 4) is 11.5 Å². The van der Waals surface area contributed by atoms with Crippen molar-refractivity contribution in [1.82, 2.24) is 10.2 Å². The highest BCUT2D eigenvalue weighted by molar-refractivity contribution is 6.32. The molecule has 0 amide bonds. The lowest BCUT2D eigenvalue weighted by Gasteiger charge is -2.32. The van der Waals surface area contributed by atoms with Crippen molar-refractivity contribution in [3.05, 3.63) is 93.5 Å². The van der Waals surface area contributed by atoms with Crippen molar-refractivity contribution in [2.75, 3.05) is 20.2 Å². The number of piperidine rings is 1. The molecule has 0 unspecified atom stereocenters. The molecule has 8 heteroatoms. The van der Waals surface area contributed by atoms with Crippen LogP contribution in [0.5, 0.6) is 11.5 Å². The Morgan fingerprint density at radius 1 is 0.886 bits per heavy atom. The van der Waals surface area contributed by atoms with Gasteiger partial charge in [-0.1, -0.05) is 71.7 Å². The molecule has 1 heterocycles. The molecule has 4 nitrogen and oxygen atoms in total. The van der Waals surface area contributed by atoms with Crippen LogP contribution in [0, 0.1) is 0 Å². The number of nitrogens with one attached hydrogen (secondary N) is 1.